The Hall–Kier alpha value is -0.880. The van der Waals surface area contributed by atoms with Gasteiger partial charge in [0.2, 0.25) is 0 Å². The van der Waals surface area contributed by atoms with Gasteiger partial charge in [-0.2, -0.15) is 8.42 Å². The topological polar surface area (TPSA) is 80.7 Å². The Balaban J connectivity index is 1.64. The summed E-state index contributed by atoms with van der Waals surface area (Å²) in [5.74, 6) is 0.846. The second kappa shape index (κ2) is 4.06. The summed E-state index contributed by atoms with van der Waals surface area (Å²) in [4.78, 5) is 11.9. The van der Waals surface area contributed by atoms with Gasteiger partial charge in [0, 0.05) is 5.57 Å². The van der Waals surface area contributed by atoms with Gasteiger partial charge < -0.3 is 4.74 Å². The smallest absolute Gasteiger partial charge is 0.334 e. The summed E-state index contributed by atoms with van der Waals surface area (Å²) in [7, 11) is -4.06. The average molecular weight is 272 g/mol. The molecular formula is C12H16O5S. The molecule has 3 fully saturated rings. The van der Waals surface area contributed by atoms with E-state index < -0.39 is 15.9 Å². The predicted molar refractivity (Wildman–Crippen MR) is 63.3 cm³/mol. The normalized spacial score (nSPS) is 33.3. The van der Waals surface area contributed by atoms with E-state index in [0.717, 1.165) is 12.0 Å². The maximum Gasteiger partial charge on any atom is 0.334 e. The summed E-state index contributed by atoms with van der Waals surface area (Å²) in [6, 6.07) is 0. The lowest BCUT2D eigenvalue weighted by Crippen LogP contribution is -2.43. The Morgan fingerprint density at radius 3 is 2.50 bits per heavy atom. The van der Waals surface area contributed by atoms with E-state index in [1.54, 1.807) is 0 Å². The molecule has 1 N–H and O–H groups in total. The molecule has 0 aliphatic heterocycles. The molecule has 0 amide bonds. The van der Waals surface area contributed by atoms with Gasteiger partial charge in [-0.25, -0.2) is 4.79 Å². The molecule has 2 atom stereocenters. The van der Waals surface area contributed by atoms with Crippen LogP contribution < -0.4 is 0 Å². The lowest BCUT2D eigenvalue weighted by Gasteiger charge is -2.53. The van der Waals surface area contributed by atoms with Gasteiger partial charge in [-0.05, 0) is 43.4 Å². The van der Waals surface area contributed by atoms with Gasteiger partial charge in [0.25, 0.3) is 10.1 Å². The second-order valence-electron chi connectivity index (χ2n) is 5.53. The number of carbonyl (C=O) groups excluding carboxylic acids is 1. The molecule has 6 heteroatoms. The SMILES string of the molecule is O=C(OCCS(=O)(=O)O)C1=C2C3CC(C1)CC2C3. The highest BCUT2D eigenvalue weighted by atomic mass is 32.2. The van der Waals surface area contributed by atoms with Gasteiger partial charge in [0.15, 0.2) is 0 Å². The average Bonchev–Trinajstić information content (AvgIpc) is 2.26. The van der Waals surface area contributed by atoms with Crippen molar-refractivity contribution in [1.82, 2.24) is 0 Å². The van der Waals surface area contributed by atoms with Gasteiger partial charge in [-0.3, -0.25) is 4.55 Å². The summed E-state index contributed by atoms with van der Waals surface area (Å²) < 4.78 is 34.6. The van der Waals surface area contributed by atoms with E-state index in [9.17, 15) is 13.2 Å². The molecule has 4 bridgehead atoms. The zero-order valence-electron chi connectivity index (χ0n) is 9.96. The zero-order valence-corrected chi connectivity index (χ0v) is 10.8. The molecule has 0 aromatic rings. The van der Waals surface area contributed by atoms with Gasteiger partial charge in [0.05, 0.1) is 0 Å². The van der Waals surface area contributed by atoms with Crippen LogP contribution in [0.15, 0.2) is 11.1 Å². The van der Waals surface area contributed by atoms with E-state index in [2.05, 4.69) is 0 Å². The van der Waals surface area contributed by atoms with E-state index >= 15 is 0 Å². The summed E-state index contributed by atoms with van der Waals surface area (Å²) in [5, 5.41) is 0. The second-order valence-corrected chi connectivity index (χ2v) is 7.10. The van der Waals surface area contributed by atoms with Crippen molar-refractivity contribution in [3.8, 4) is 0 Å². The summed E-state index contributed by atoms with van der Waals surface area (Å²) in [6.07, 6.45) is 4.39. The third-order valence-electron chi connectivity index (χ3n) is 4.35. The van der Waals surface area contributed by atoms with E-state index in [0.29, 0.717) is 17.8 Å². The molecular weight excluding hydrogens is 256 g/mol. The van der Waals surface area contributed by atoms with Crippen molar-refractivity contribution in [3.63, 3.8) is 0 Å². The molecule has 5 rings (SSSR count). The minimum Gasteiger partial charge on any atom is -0.461 e. The first-order chi connectivity index (χ1) is 8.44. The van der Waals surface area contributed by atoms with Crippen molar-refractivity contribution in [2.24, 2.45) is 17.8 Å². The number of carbonyl (C=O) groups is 1. The quantitative estimate of drug-likeness (QED) is 0.613. The van der Waals surface area contributed by atoms with E-state index in [4.69, 9.17) is 9.29 Å². The molecule has 5 aliphatic carbocycles. The first-order valence-corrected chi connectivity index (χ1v) is 7.90. The maximum absolute atomic E-state index is 11.9. The van der Waals surface area contributed by atoms with Crippen molar-refractivity contribution < 1.29 is 22.5 Å². The molecule has 0 aromatic carbocycles. The first kappa shape index (κ1) is 12.2. The molecule has 0 radical (unpaired) electrons. The van der Waals surface area contributed by atoms with Crippen LogP contribution in [0, 0.1) is 17.8 Å². The third kappa shape index (κ3) is 2.07. The molecule has 5 nitrogen and oxygen atoms in total. The highest BCUT2D eigenvalue weighted by molar-refractivity contribution is 7.85. The number of hydrogen-bond acceptors (Lipinski definition) is 4. The molecule has 0 heterocycles. The number of fused-ring (bicyclic) bond motifs is 1. The van der Waals surface area contributed by atoms with E-state index in [1.165, 1.54) is 24.8 Å². The Labute approximate surface area is 106 Å². The lowest BCUT2D eigenvalue weighted by atomic mass is 9.51. The number of hydrogen-bond donors (Lipinski definition) is 1. The number of rotatable bonds is 4. The highest BCUT2D eigenvalue weighted by Crippen LogP contribution is 2.59. The Morgan fingerprint density at radius 2 is 1.94 bits per heavy atom. The van der Waals surface area contributed by atoms with Crippen LogP contribution in [0.4, 0.5) is 0 Å². The Kier molecular flexibility index (Phi) is 2.75. The fourth-order valence-electron chi connectivity index (χ4n) is 3.71. The minimum absolute atomic E-state index is 0.269. The largest absolute Gasteiger partial charge is 0.461 e. The van der Waals surface area contributed by atoms with Crippen LogP contribution in [0.2, 0.25) is 0 Å². The minimum atomic E-state index is -4.06. The molecule has 0 aromatic heterocycles. The fourth-order valence-corrected chi connectivity index (χ4v) is 4.01. The van der Waals surface area contributed by atoms with Crippen LogP contribution in [0.3, 0.4) is 0 Å². The van der Waals surface area contributed by atoms with Gasteiger partial charge in [-0.1, -0.05) is 5.57 Å². The standard InChI is InChI=1S/C12H16O5S/c13-12(17-1-2-18(14,15)16)10-5-7-3-8-6-9(4-7)11(8)10/h7-9H,1-6H2,(H,14,15,16). The van der Waals surface area contributed by atoms with Crippen LogP contribution >= 0.6 is 0 Å². The van der Waals surface area contributed by atoms with Gasteiger partial charge in [-0.15, -0.1) is 0 Å². The third-order valence-corrected chi connectivity index (χ3v) is 5.03. The highest BCUT2D eigenvalue weighted by Gasteiger charge is 2.49. The molecule has 0 saturated heterocycles. The first-order valence-electron chi connectivity index (χ1n) is 6.29. The lowest BCUT2D eigenvalue weighted by molar-refractivity contribution is -0.139. The summed E-state index contributed by atoms with van der Waals surface area (Å²) >= 11 is 0. The van der Waals surface area contributed by atoms with Crippen LogP contribution in [0.5, 0.6) is 0 Å². The number of allylic oxidation sites excluding steroid dienone is 1. The van der Waals surface area contributed by atoms with Crippen molar-refractivity contribution in [2.45, 2.75) is 25.7 Å². The monoisotopic (exact) mass is 272 g/mol. The molecule has 0 spiro atoms. The Bertz CT molecular complexity index is 505. The predicted octanol–water partition coefficient (Wildman–Crippen LogP) is 1.16. The van der Waals surface area contributed by atoms with Crippen LogP contribution in [-0.4, -0.2) is 31.3 Å². The maximum atomic E-state index is 11.9. The molecule has 3 saturated carbocycles. The molecule has 2 unspecified atom stereocenters. The van der Waals surface area contributed by atoms with Crippen molar-refractivity contribution in [3.05, 3.63) is 11.1 Å². The molecule has 5 aliphatic rings. The molecule has 100 valence electrons. The van der Waals surface area contributed by atoms with E-state index in [-0.39, 0.29) is 12.6 Å². The van der Waals surface area contributed by atoms with Crippen LogP contribution in [0.25, 0.3) is 0 Å². The van der Waals surface area contributed by atoms with Crippen LogP contribution in [-0.2, 0) is 19.6 Å². The summed E-state index contributed by atoms with van der Waals surface area (Å²) in [6.45, 7) is -0.269. The van der Waals surface area contributed by atoms with Crippen LogP contribution in [0.1, 0.15) is 25.7 Å². The van der Waals surface area contributed by atoms with Gasteiger partial charge in [0.1, 0.15) is 12.4 Å². The fraction of sp³-hybridized carbons (Fsp3) is 0.750. The molecule has 18 heavy (non-hydrogen) atoms. The number of esters is 1. The summed E-state index contributed by atoms with van der Waals surface area (Å²) in [5.41, 5.74) is 2.06. The number of ether oxygens (including phenoxy) is 1. The van der Waals surface area contributed by atoms with Crippen molar-refractivity contribution in [1.29, 1.82) is 0 Å². The van der Waals surface area contributed by atoms with Crippen molar-refractivity contribution >= 4 is 16.1 Å². The Morgan fingerprint density at radius 1 is 1.28 bits per heavy atom. The zero-order chi connectivity index (χ0) is 12.9. The van der Waals surface area contributed by atoms with E-state index in [1.807, 2.05) is 0 Å². The van der Waals surface area contributed by atoms with Gasteiger partial charge >= 0.3 is 5.97 Å². The van der Waals surface area contributed by atoms with Crippen molar-refractivity contribution in [2.75, 3.05) is 12.4 Å².